The number of rotatable bonds is 5. The van der Waals surface area contributed by atoms with Gasteiger partial charge in [-0.15, -0.1) is 0 Å². The molecule has 0 saturated carbocycles. The highest BCUT2D eigenvalue weighted by Crippen LogP contribution is 2.22. The van der Waals surface area contributed by atoms with E-state index in [4.69, 9.17) is 22.1 Å². The Morgan fingerprint density at radius 2 is 2.00 bits per heavy atom. The highest BCUT2D eigenvalue weighted by molar-refractivity contribution is 9.10. The monoisotopic (exact) mass is 410 g/mol. The normalized spacial score (nSPS) is 11.6. The Bertz CT molecular complexity index is 767. The maximum Gasteiger partial charge on any atom is 0.340 e. The number of nitrogen functional groups attached to an aromatic ring is 1. The molecule has 126 valence electrons. The third kappa shape index (κ3) is 4.72. The van der Waals surface area contributed by atoms with Gasteiger partial charge in [0.2, 0.25) is 0 Å². The second kappa shape index (κ2) is 8.17. The molecule has 1 amide bonds. The van der Waals surface area contributed by atoms with Crippen molar-refractivity contribution in [2.24, 2.45) is 0 Å². The maximum absolute atomic E-state index is 12.0. The average molecular weight is 412 g/mol. The molecule has 0 bridgehead atoms. The summed E-state index contributed by atoms with van der Waals surface area (Å²) in [4.78, 5) is 23.9. The second-order valence-corrected chi connectivity index (χ2v) is 6.41. The number of amides is 1. The lowest BCUT2D eigenvalue weighted by Crippen LogP contribution is -2.31. The summed E-state index contributed by atoms with van der Waals surface area (Å²) in [7, 11) is 0. The molecule has 1 atom stereocenters. The first-order chi connectivity index (χ1) is 11.4. The summed E-state index contributed by atoms with van der Waals surface area (Å²) in [6.45, 7) is 1.45. The number of hydrogen-bond donors (Lipinski definition) is 2. The molecule has 2 rings (SSSR count). The van der Waals surface area contributed by atoms with Gasteiger partial charge >= 0.3 is 5.97 Å². The van der Waals surface area contributed by atoms with E-state index in [-0.39, 0.29) is 17.3 Å². The van der Waals surface area contributed by atoms with Crippen LogP contribution in [-0.2, 0) is 9.53 Å². The molecule has 7 heteroatoms. The molecule has 2 aromatic carbocycles. The SMILES string of the molecule is C[C@@H](NC(=O)COC(=O)c1ccc(Cl)cc1N)c1ccccc1Br. The lowest BCUT2D eigenvalue weighted by atomic mass is 10.1. The molecule has 0 aromatic heterocycles. The molecule has 3 N–H and O–H groups in total. The van der Waals surface area contributed by atoms with E-state index in [0.717, 1.165) is 10.0 Å². The molecule has 5 nitrogen and oxygen atoms in total. The van der Waals surface area contributed by atoms with E-state index in [1.54, 1.807) is 0 Å². The van der Waals surface area contributed by atoms with Gasteiger partial charge in [0.15, 0.2) is 6.61 Å². The number of halogens is 2. The topological polar surface area (TPSA) is 81.4 Å². The minimum Gasteiger partial charge on any atom is -0.452 e. The molecular weight excluding hydrogens is 396 g/mol. The Kier molecular flexibility index (Phi) is 6.23. The zero-order chi connectivity index (χ0) is 17.7. The van der Waals surface area contributed by atoms with Crippen LogP contribution in [0.3, 0.4) is 0 Å². The third-order valence-corrected chi connectivity index (χ3v) is 4.27. The lowest BCUT2D eigenvalue weighted by Gasteiger charge is -2.16. The second-order valence-electron chi connectivity index (χ2n) is 5.12. The number of carbonyl (C=O) groups is 2. The van der Waals surface area contributed by atoms with Crippen LogP contribution in [0.5, 0.6) is 0 Å². The van der Waals surface area contributed by atoms with Crippen molar-refractivity contribution in [2.45, 2.75) is 13.0 Å². The van der Waals surface area contributed by atoms with Gasteiger partial charge in [0, 0.05) is 15.2 Å². The van der Waals surface area contributed by atoms with Crippen molar-refractivity contribution in [3.05, 3.63) is 63.1 Å². The van der Waals surface area contributed by atoms with E-state index in [1.165, 1.54) is 18.2 Å². The van der Waals surface area contributed by atoms with Crippen LogP contribution in [0, 0.1) is 0 Å². The number of hydrogen-bond acceptors (Lipinski definition) is 4. The summed E-state index contributed by atoms with van der Waals surface area (Å²) in [6, 6.07) is 11.8. The Labute approximate surface area is 153 Å². The number of nitrogens with two attached hydrogens (primary N) is 1. The van der Waals surface area contributed by atoms with Crippen molar-refractivity contribution >= 4 is 45.1 Å². The fraction of sp³-hybridized carbons (Fsp3) is 0.176. The Morgan fingerprint density at radius 3 is 2.67 bits per heavy atom. The van der Waals surface area contributed by atoms with Gasteiger partial charge in [-0.05, 0) is 36.8 Å². The van der Waals surface area contributed by atoms with Gasteiger partial charge in [-0.3, -0.25) is 4.79 Å². The molecule has 0 aliphatic heterocycles. The molecule has 0 spiro atoms. The predicted octanol–water partition coefficient (Wildman–Crippen LogP) is 3.72. The van der Waals surface area contributed by atoms with Crippen molar-refractivity contribution in [3.63, 3.8) is 0 Å². The van der Waals surface area contributed by atoms with E-state index in [2.05, 4.69) is 21.2 Å². The lowest BCUT2D eigenvalue weighted by molar-refractivity contribution is -0.124. The molecule has 0 aliphatic rings. The molecule has 0 saturated heterocycles. The summed E-state index contributed by atoms with van der Waals surface area (Å²) < 4.78 is 5.88. The summed E-state index contributed by atoms with van der Waals surface area (Å²) in [5, 5.41) is 3.19. The van der Waals surface area contributed by atoms with Gasteiger partial charge in [-0.25, -0.2) is 4.79 Å². The van der Waals surface area contributed by atoms with Gasteiger partial charge in [0.25, 0.3) is 5.91 Å². The molecule has 2 aromatic rings. The van der Waals surface area contributed by atoms with Gasteiger partial charge in [-0.1, -0.05) is 45.7 Å². The van der Waals surface area contributed by atoms with E-state index < -0.39 is 18.5 Å². The van der Waals surface area contributed by atoms with Gasteiger partial charge in [0.05, 0.1) is 11.6 Å². The predicted molar refractivity (Wildman–Crippen MR) is 96.8 cm³/mol. The fourth-order valence-corrected chi connectivity index (χ4v) is 2.92. The largest absolute Gasteiger partial charge is 0.452 e. The van der Waals surface area contributed by atoms with E-state index in [9.17, 15) is 9.59 Å². The third-order valence-electron chi connectivity index (χ3n) is 3.32. The summed E-state index contributed by atoms with van der Waals surface area (Å²) in [5.74, 6) is -1.08. The Hall–Kier alpha value is -2.05. The van der Waals surface area contributed by atoms with Crippen molar-refractivity contribution in [1.82, 2.24) is 5.32 Å². The van der Waals surface area contributed by atoms with Crippen molar-refractivity contribution < 1.29 is 14.3 Å². The summed E-state index contributed by atoms with van der Waals surface area (Å²) in [5.41, 5.74) is 7.02. The van der Waals surface area contributed by atoms with Crippen LogP contribution in [0.15, 0.2) is 46.9 Å². The first-order valence-corrected chi connectivity index (χ1v) is 8.31. The number of esters is 1. The van der Waals surface area contributed by atoms with Gasteiger partial charge in [0.1, 0.15) is 0 Å². The zero-order valence-corrected chi connectivity index (χ0v) is 15.2. The van der Waals surface area contributed by atoms with Crippen LogP contribution < -0.4 is 11.1 Å². The molecule has 0 aliphatic carbocycles. The summed E-state index contributed by atoms with van der Waals surface area (Å²) >= 11 is 9.21. The minimum absolute atomic E-state index is 0.172. The van der Waals surface area contributed by atoms with Crippen LogP contribution in [0.1, 0.15) is 28.9 Å². The van der Waals surface area contributed by atoms with Gasteiger partial charge < -0.3 is 15.8 Å². The quantitative estimate of drug-likeness (QED) is 0.580. The Morgan fingerprint density at radius 1 is 1.29 bits per heavy atom. The van der Waals surface area contributed by atoms with Crippen molar-refractivity contribution in [1.29, 1.82) is 0 Å². The fourth-order valence-electron chi connectivity index (χ4n) is 2.12. The molecule has 0 unspecified atom stereocenters. The molecule has 0 heterocycles. The minimum atomic E-state index is -0.673. The number of ether oxygens (including phenoxy) is 1. The van der Waals surface area contributed by atoms with Crippen molar-refractivity contribution in [2.75, 3.05) is 12.3 Å². The first-order valence-electron chi connectivity index (χ1n) is 7.14. The van der Waals surface area contributed by atoms with Crippen LogP contribution in [0.2, 0.25) is 5.02 Å². The van der Waals surface area contributed by atoms with Crippen LogP contribution >= 0.6 is 27.5 Å². The number of benzene rings is 2. The van der Waals surface area contributed by atoms with Crippen molar-refractivity contribution in [3.8, 4) is 0 Å². The van der Waals surface area contributed by atoms with E-state index >= 15 is 0 Å². The van der Waals surface area contributed by atoms with Crippen LogP contribution in [-0.4, -0.2) is 18.5 Å². The highest BCUT2D eigenvalue weighted by atomic mass is 79.9. The van der Waals surface area contributed by atoms with Gasteiger partial charge in [-0.2, -0.15) is 0 Å². The molecule has 0 fully saturated rings. The van der Waals surface area contributed by atoms with E-state index in [0.29, 0.717) is 5.02 Å². The molecular formula is C17H16BrClN2O3. The van der Waals surface area contributed by atoms with Crippen LogP contribution in [0.25, 0.3) is 0 Å². The van der Waals surface area contributed by atoms with E-state index in [1.807, 2.05) is 31.2 Å². The Balaban J connectivity index is 1.91. The summed E-state index contributed by atoms with van der Waals surface area (Å²) in [6.07, 6.45) is 0. The first kappa shape index (κ1) is 18.3. The standard InChI is InChI=1S/C17H16BrClN2O3/c1-10(12-4-2-3-5-14(12)18)21-16(22)9-24-17(23)13-7-6-11(19)8-15(13)20/h2-8,10H,9,20H2,1H3,(H,21,22)/t10-/m1/s1. The zero-order valence-electron chi connectivity index (χ0n) is 12.9. The molecule has 0 radical (unpaired) electrons. The average Bonchev–Trinajstić information content (AvgIpc) is 2.53. The number of nitrogens with one attached hydrogen (secondary N) is 1. The molecule has 24 heavy (non-hydrogen) atoms. The van der Waals surface area contributed by atoms with Crippen LogP contribution in [0.4, 0.5) is 5.69 Å². The number of carbonyl (C=O) groups excluding carboxylic acids is 2. The maximum atomic E-state index is 12.0. The smallest absolute Gasteiger partial charge is 0.340 e. The highest BCUT2D eigenvalue weighted by Gasteiger charge is 2.16. The number of anilines is 1.